The minimum absolute atomic E-state index is 0. The lowest BCUT2D eigenvalue weighted by atomic mass is 9.77. The second-order valence-electron chi connectivity index (χ2n) is 5.37. The van der Waals surface area contributed by atoms with Crippen molar-refractivity contribution in [3.63, 3.8) is 0 Å². The number of fused-ring (bicyclic) bond motifs is 1. The van der Waals surface area contributed by atoms with Crippen LogP contribution >= 0.6 is 23.2 Å². The predicted molar refractivity (Wildman–Crippen MR) is 84.6 cm³/mol. The van der Waals surface area contributed by atoms with E-state index in [4.69, 9.17) is 23.2 Å². The van der Waals surface area contributed by atoms with E-state index in [9.17, 15) is 0 Å². The first-order valence-electron chi connectivity index (χ1n) is 7.04. The first kappa shape index (κ1) is 16.6. The summed E-state index contributed by atoms with van der Waals surface area (Å²) in [6.07, 6.45) is 2.35. The van der Waals surface area contributed by atoms with Gasteiger partial charge in [0.05, 0.1) is 17.1 Å². The normalized spacial score (nSPS) is 20.5. The van der Waals surface area contributed by atoms with E-state index in [-0.39, 0.29) is 12.4 Å². The summed E-state index contributed by atoms with van der Waals surface area (Å²) in [4.78, 5) is 0. The highest BCUT2D eigenvalue weighted by Crippen LogP contribution is 2.40. The van der Waals surface area contributed by atoms with E-state index in [1.54, 1.807) is 0 Å². The number of benzene rings is 2. The van der Waals surface area contributed by atoms with Crippen LogP contribution in [0, 0.1) is 0 Å². The maximum Gasteiger partial charge on any atom is 0.112 e. The average molecular weight is 343 g/mol. The summed E-state index contributed by atoms with van der Waals surface area (Å²) >= 11 is 12.2. The summed E-state index contributed by atoms with van der Waals surface area (Å²) in [6, 6.07) is 15.4. The van der Waals surface area contributed by atoms with E-state index >= 15 is 0 Å². The lowest BCUT2D eigenvalue weighted by Crippen LogP contribution is -3.00. The van der Waals surface area contributed by atoms with Gasteiger partial charge in [-0.3, -0.25) is 0 Å². The van der Waals surface area contributed by atoms with Crippen LogP contribution in [0.25, 0.3) is 0 Å². The number of halogens is 3. The van der Waals surface area contributed by atoms with Crippen LogP contribution < -0.4 is 17.7 Å². The van der Waals surface area contributed by atoms with Gasteiger partial charge in [-0.15, -0.1) is 0 Å². The Morgan fingerprint density at radius 1 is 0.952 bits per heavy atom. The van der Waals surface area contributed by atoms with Gasteiger partial charge in [-0.25, -0.2) is 0 Å². The molecule has 0 saturated heterocycles. The Morgan fingerprint density at radius 2 is 1.67 bits per heavy atom. The third-order valence-corrected chi connectivity index (χ3v) is 5.02. The Labute approximate surface area is 142 Å². The molecule has 3 rings (SSSR count). The Bertz CT molecular complexity index is 627. The molecule has 2 N–H and O–H groups in total. The van der Waals surface area contributed by atoms with Crippen molar-refractivity contribution < 1.29 is 17.7 Å². The largest absolute Gasteiger partial charge is 1.00 e. The molecule has 0 aromatic heterocycles. The first-order chi connectivity index (χ1) is 9.70. The Kier molecular flexibility index (Phi) is 5.56. The van der Waals surface area contributed by atoms with E-state index in [1.165, 1.54) is 23.1 Å². The summed E-state index contributed by atoms with van der Waals surface area (Å²) in [5.41, 5.74) is 4.15. The molecule has 0 bridgehead atoms. The van der Waals surface area contributed by atoms with Crippen molar-refractivity contribution in [3.8, 4) is 0 Å². The molecule has 4 heteroatoms. The fraction of sp³-hybridized carbons (Fsp3) is 0.294. The summed E-state index contributed by atoms with van der Waals surface area (Å²) < 4.78 is 0. The fourth-order valence-electron chi connectivity index (χ4n) is 3.24. The van der Waals surface area contributed by atoms with Crippen LogP contribution in [0.5, 0.6) is 0 Å². The van der Waals surface area contributed by atoms with Gasteiger partial charge in [-0.2, -0.15) is 0 Å². The number of hydrogen-bond donors (Lipinski definition) is 1. The summed E-state index contributed by atoms with van der Waals surface area (Å²) in [5.74, 6) is 0.428. The SMILES string of the molecule is C[NH2+][C@H]1CC[C@H](c2ccc(Cl)c(Cl)c2)c2ccccc21.[Cl-]. The molecule has 0 fully saturated rings. The molecule has 21 heavy (non-hydrogen) atoms. The smallest absolute Gasteiger partial charge is 0.112 e. The van der Waals surface area contributed by atoms with E-state index in [0.717, 1.165) is 6.42 Å². The first-order valence-corrected chi connectivity index (χ1v) is 7.79. The zero-order chi connectivity index (χ0) is 14.1. The molecule has 0 spiro atoms. The van der Waals surface area contributed by atoms with Gasteiger partial charge in [0.1, 0.15) is 6.04 Å². The van der Waals surface area contributed by atoms with Gasteiger partial charge in [0, 0.05) is 17.9 Å². The number of quaternary nitrogens is 1. The van der Waals surface area contributed by atoms with Crippen molar-refractivity contribution in [2.45, 2.75) is 24.8 Å². The highest BCUT2D eigenvalue weighted by atomic mass is 35.5. The molecule has 2 atom stereocenters. The standard InChI is InChI=1S/C17H17Cl2N.ClH/c1-20-17-9-7-12(13-4-2-3-5-14(13)17)11-6-8-15(18)16(19)10-11;/h2-6,8,10,12,17,20H,7,9H2,1H3;1H/t12-,17+;/m1./s1. The fourth-order valence-corrected chi connectivity index (χ4v) is 3.55. The van der Waals surface area contributed by atoms with E-state index in [1.807, 2.05) is 12.1 Å². The molecule has 0 radical (unpaired) electrons. The minimum Gasteiger partial charge on any atom is -1.00 e. The number of nitrogens with two attached hydrogens (primary N) is 1. The van der Waals surface area contributed by atoms with Crippen molar-refractivity contribution in [2.75, 3.05) is 7.05 Å². The van der Waals surface area contributed by atoms with Crippen molar-refractivity contribution in [2.24, 2.45) is 0 Å². The number of hydrogen-bond acceptors (Lipinski definition) is 0. The van der Waals surface area contributed by atoms with Crippen LogP contribution in [0.3, 0.4) is 0 Å². The van der Waals surface area contributed by atoms with Crippen molar-refractivity contribution in [1.29, 1.82) is 0 Å². The van der Waals surface area contributed by atoms with Crippen LogP contribution in [-0.2, 0) is 0 Å². The zero-order valence-electron chi connectivity index (χ0n) is 11.8. The van der Waals surface area contributed by atoms with E-state index in [0.29, 0.717) is 22.0 Å². The lowest BCUT2D eigenvalue weighted by molar-refractivity contribution is -0.671. The molecule has 1 aliphatic carbocycles. The van der Waals surface area contributed by atoms with Gasteiger partial charge in [0.15, 0.2) is 0 Å². The highest BCUT2D eigenvalue weighted by Gasteiger charge is 2.29. The van der Waals surface area contributed by atoms with Crippen molar-refractivity contribution in [3.05, 3.63) is 69.2 Å². The average Bonchev–Trinajstić information content (AvgIpc) is 2.49. The molecular formula is C17H18Cl3N. The summed E-state index contributed by atoms with van der Waals surface area (Å²) in [5, 5.41) is 3.58. The minimum atomic E-state index is 0. The molecule has 1 nitrogen and oxygen atoms in total. The molecule has 2 aromatic rings. The molecule has 0 saturated carbocycles. The van der Waals surface area contributed by atoms with Gasteiger partial charge in [0.2, 0.25) is 0 Å². The molecule has 2 aromatic carbocycles. The highest BCUT2D eigenvalue weighted by molar-refractivity contribution is 6.42. The quantitative estimate of drug-likeness (QED) is 0.843. The van der Waals surface area contributed by atoms with Crippen LogP contribution in [0.4, 0.5) is 0 Å². The summed E-state index contributed by atoms with van der Waals surface area (Å²) in [6.45, 7) is 0. The molecule has 112 valence electrons. The zero-order valence-corrected chi connectivity index (χ0v) is 14.1. The second kappa shape index (κ2) is 7.02. The molecule has 0 aliphatic heterocycles. The van der Waals surface area contributed by atoms with E-state index < -0.39 is 0 Å². The predicted octanol–water partition coefficient (Wildman–Crippen LogP) is 1.16. The molecule has 0 heterocycles. The van der Waals surface area contributed by atoms with Gasteiger partial charge >= 0.3 is 0 Å². The Balaban J connectivity index is 0.00000161. The van der Waals surface area contributed by atoms with Crippen LogP contribution in [0.15, 0.2) is 42.5 Å². The molecule has 0 unspecified atom stereocenters. The second-order valence-corrected chi connectivity index (χ2v) is 6.19. The van der Waals surface area contributed by atoms with Crippen LogP contribution in [0.2, 0.25) is 10.0 Å². The molecule has 0 amide bonds. The third kappa shape index (κ3) is 3.22. The maximum absolute atomic E-state index is 6.18. The Hall–Kier alpha value is -0.730. The summed E-state index contributed by atoms with van der Waals surface area (Å²) in [7, 11) is 2.15. The third-order valence-electron chi connectivity index (χ3n) is 4.29. The lowest BCUT2D eigenvalue weighted by Gasteiger charge is -2.30. The monoisotopic (exact) mass is 341 g/mol. The topological polar surface area (TPSA) is 16.6 Å². The van der Waals surface area contributed by atoms with Gasteiger partial charge in [0.25, 0.3) is 0 Å². The van der Waals surface area contributed by atoms with Crippen LogP contribution in [0.1, 0.15) is 41.5 Å². The molecular weight excluding hydrogens is 325 g/mol. The number of rotatable bonds is 2. The maximum atomic E-state index is 6.18. The van der Waals surface area contributed by atoms with Crippen LogP contribution in [-0.4, -0.2) is 7.05 Å². The van der Waals surface area contributed by atoms with Crippen molar-refractivity contribution in [1.82, 2.24) is 0 Å². The van der Waals surface area contributed by atoms with Gasteiger partial charge < -0.3 is 17.7 Å². The Morgan fingerprint density at radius 3 is 2.33 bits per heavy atom. The van der Waals surface area contributed by atoms with E-state index in [2.05, 4.69) is 42.7 Å². The van der Waals surface area contributed by atoms with Gasteiger partial charge in [-0.1, -0.05) is 53.5 Å². The van der Waals surface area contributed by atoms with Crippen molar-refractivity contribution >= 4 is 23.2 Å². The molecule has 1 aliphatic rings. The van der Waals surface area contributed by atoms with Gasteiger partial charge in [-0.05, 0) is 29.7 Å².